The van der Waals surface area contributed by atoms with Gasteiger partial charge in [0, 0.05) is 6.54 Å². The van der Waals surface area contributed by atoms with Crippen molar-refractivity contribution >= 4 is 23.2 Å². The average molecular weight is 363 g/mol. The van der Waals surface area contributed by atoms with Gasteiger partial charge < -0.3 is 10.1 Å². The highest BCUT2D eigenvalue weighted by molar-refractivity contribution is 5.84. The van der Waals surface area contributed by atoms with Crippen LogP contribution in [0.1, 0.15) is 11.4 Å². The van der Waals surface area contributed by atoms with E-state index in [9.17, 15) is 0 Å². The molecule has 1 aliphatic heterocycles. The van der Waals surface area contributed by atoms with E-state index >= 15 is 0 Å². The predicted molar refractivity (Wildman–Crippen MR) is 106 cm³/mol. The van der Waals surface area contributed by atoms with Gasteiger partial charge in [0.15, 0.2) is 17.6 Å². The monoisotopic (exact) mass is 363 g/mol. The molecule has 27 heavy (non-hydrogen) atoms. The normalized spacial score (nSPS) is 13.8. The number of aryl methyl sites for hydroxylation is 2. The van der Waals surface area contributed by atoms with E-state index in [1.165, 1.54) is 11.0 Å². The van der Waals surface area contributed by atoms with Gasteiger partial charge >= 0.3 is 0 Å². The second kappa shape index (κ2) is 7.49. The summed E-state index contributed by atoms with van der Waals surface area (Å²) >= 11 is 0. The summed E-state index contributed by atoms with van der Waals surface area (Å²) in [6, 6.07) is 16.2. The zero-order valence-corrected chi connectivity index (χ0v) is 15.5. The zero-order valence-electron chi connectivity index (χ0n) is 15.5. The number of guanidine groups is 1. The number of hydrogen-bond acceptors (Lipinski definition) is 5. The highest BCUT2D eigenvalue weighted by Crippen LogP contribution is 2.16. The molecule has 2 N–H and O–H groups in total. The maximum atomic E-state index is 5.99. The Morgan fingerprint density at radius 3 is 2.81 bits per heavy atom. The van der Waals surface area contributed by atoms with Crippen LogP contribution in [0.3, 0.4) is 0 Å². The van der Waals surface area contributed by atoms with Crippen molar-refractivity contribution in [2.75, 3.05) is 13.1 Å². The maximum absolute atomic E-state index is 5.99. The van der Waals surface area contributed by atoms with Crippen molar-refractivity contribution < 1.29 is 9.30 Å². The quantitative estimate of drug-likeness (QED) is 0.410. The fourth-order valence-electron chi connectivity index (χ4n) is 3.17. The Morgan fingerprint density at radius 1 is 1.26 bits per heavy atom. The number of nitrogens with zero attached hydrogens (tertiary/aromatic N) is 4. The molecule has 0 bridgehead atoms. The van der Waals surface area contributed by atoms with E-state index in [1.807, 2.05) is 24.3 Å². The van der Waals surface area contributed by atoms with Crippen LogP contribution in [-0.2, 0) is 20.7 Å². The Hall–Kier alpha value is -3.35. The topological polar surface area (TPSA) is 66.8 Å². The van der Waals surface area contributed by atoms with E-state index in [0.717, 1.165) is 30.2 Å². The number of aliphatic imine (C=N–C) groups is 1. The average Bonchev–Trinajstić information content (AvgIpc) is 3.30. The highest BCUT2D eigenvalue weighted by Gasteiger charge is 2.19. The smallest absolute Gasteiger partial charge is 0.295 e. The predicted octanol–water partition coefficient (Wildman–Crippen LogP) is 1.46. The molecule has 0 radical (unpaired) electrons. The van der Waals surface area contributed by atoms with Crippen molar-refractivity contribution in [1.29, 1.82) is 0 Å². The summed E-state index contributed by atoms with van der Waals surface area (Å²) in [7, 11) is 4.13. The molecule has 0 atom stereocenters. The number of benzene rings is 2. The Balaban J connectivity index is 1.40. The number of para-hydroxylation sites is 2. The molecule has 138 valence electrons. The van der Waals surface area contributed by atoms with E-state index < -0.39 is 0 Å². The van der Waals surface area contributed by atoms with Crippen LogP contribution in [0.25, 0.3) is 11.0 Å². The van der Waals surface area contributed by atoms with Gasteiger partial charge in [0.1, 0.15) is 5.75 Å². The van der Waals surface area contributed by atoms with Crippen LogP contribution < -0.4 is 20.0 Å². The zero-order chi connectivity index (χ0) is 18.6. The minimum absolute atomic E-state index is 0.502. The van der Waals surface area contributed by atoms with Crippen molar-refractivity contribution in [2.45, 2.75) is 6.61 Å². The fourth-order valence-corrected chi connectivity index (χ4v) is 3.17. The molecule has 0 spiro atoms. The fraction of sp³-hybridized carbons (Fsp3) is 0.250. The summed E-state index contributed by atoms with van der Waals surface area (Å²) in [4.78, 5) is 4.22. The SMILES string of the molecule is Cn1c(COc2ccc(/C=N/NC3=NCCN3)cc2)[n+](C)c2ccccc21. The number of fused-ring (bicyclic) bond motifs is 1. The summed E-state index contributed by atoms with van der Waals surface area (Å²) in [5.41, 5.74) is 6.26. The van der Waals surface area contributed by atoms with Gasteiger partial charge in [-0.25, -0.2) is 19.6 Å². The molecule has 0 saturated heterocycles. The summed E-state index contributed by atoms with van der Waals surface area (Å²) < 4.78 is 10.3. The lowest BCUT2D eigenvalue weighted by Gasteiger charge is -2.05. The van der Waals surface area contributed by atoms with Crippen LogP contribution in [0.5, 0.6) is 5.75 Å². The van der Waals surface area contributed by atoms with Crippen molar-refractivity contribution in [1.82, 2.24) is 15.3 Å². The van der Waals surface area contributed by atoms with Gasteiger partial charge in [-0.3, -0.25) is 0 Å². The molecule has 2 heterocycles. The van der Waals surface area contributed by atoms with Gasteiger partial charge in [-0.05, 0) is 42.0 Å². The standard InChI is InChI=1S/C20H23N6O/c1-25-17-5-3-4-6-18(17)26(2)19(25)14-27-16-9-7-15(8-10-16)13-23-24-20-21-11-12-22-20/h3-10,13H,11-12,14H2,1-2H3,(H2,21,22,24)/q+1/b23-13+. The first-order valence-electron chi connectivity index (χ1n) is 8.95. The molecule has 0 aliphatic carbocycles. The van der Waals surface area contributed by atoms with Gasteiger partial charge in [-0.2, -0.15) is 5.10 Å². The van der Waals surface area contributed by atoms with E-state index in [1.54, 1.807) is 6.21 Å². The third kappa shape index (κ3) is 3.62. The minimum atomic E-state index is 0.502. The summed E-state index contributed by atoms with van der Waals surface area (Å²) in [6.07, 6.45) is 1.76. The molecule has 7 heteroatoms. The molecule has 4 rings (SSSR count). The third-order valence-corrected chi connectivity index (χ3v) is 4.69. The first kappa shape index (κ1) is 17.1. The van der Waals surface area contributed by atoms with E-state index in [2.05, 4.69) is 68.3 Å². The molecule has 1 aromatic heterocycles. The van der Waals surface area contributed by atoms with Gasteiger partial charge in [0.05, 0.1) is 26.9 Å². The van der Waals surface area contributed by atoms with Crippen molar-refractivity contribution in [3.8, 4) is 5.75 Å². The van der Waals surface area contributed by atoms with Crippen LogP contribution in [0, 0.1) is 0 Å². The summed E-state index contributed by atoms with van der Waals surface area (Å²) in [6.45, 7) is 2.15. The van der Waals surface area contributed by atoms with Gasteiger partial charge in [0.2, 0.25) is 5.96 Å². The third-order valence-electron chi connectivity index (χ3n) is 4.69. The van der Waals surface area contributed by atoms with E-state index in [-0.39, 0.29) is 0 Å². The molecule has 0 fully saturated rings. The number of rotatable bonds is 5. The number of hydrazone groups is 1. The molecule has 0 amide bonds. The molecule has 0 unspecified atom stereocenters. The lowest BCUT2D eigenvalue weighted by atomic mass is 10.2. The lowest BCUT2D eigenvalue weighted by molar-refractivity contribution is -0.655. The number of ether oxygens (including phenoxy) is 1. The minimum Gasteiger partial charge on any atom is -0.481 e. The highest BCUT2D eigenvalue weighted by atomic mass is 16.5. The van der Waals surface area contributed by atoms with Crippen molar-refractivity contribution in [2.24, 2.45) is 24.2 Å². The van der Waals surface area contributed by atoms with Crippen molar-refractivity contribution in [3.05, 3.63) is 59.9 Å². The molecular formula is C20H23N6O+. The second-order valence-electron chi connectivity index (χ2n) is 6.41. The van der Waals surface area contributed by atoms with E-state index in [0.29, 0.717) is 12.6 Å². The van der Waals surface area contributed by atoms with Crippen LogP contribution in [0.4, 0.5) is 0 Å². The second-order valence-corrected chi connectivity index (χ2v) is 6.41. The number of nitrogens with one attached hydrogen (secondary N) is 2. The Bertz CT molecular complexity index is 964. The summed E-state index contributed by atoms with van der Waals surface area (Å²) in [5.74, 6) is 2.65. The Kier molecular flexibility index (Phi) is 4.74. The largest absolute Gasteiger partial charge is 0.481 e. The van der Waals surface area contributed by atoms with Crippen LogP contribution >= 0.6 is 0 Å². The first-order valence-corrected chi connectivity index (χ1v) is 8.95. The maximum Gasteiger partial charge on any atom is 0.295 e. The van der Waals surface area contributed by atoms with Crippen LogP contribution in [0.15, 0.2) is 58.6 Å². The molecular weight excluding hydrogens is 340 g/mol. The molecule has 7 nitrogen and oxygen atoms in total. The van der Waals surface area contributed by atoms with Gasteiger partial charge in [-0.1, -0.05) is 12.1 Å². The molecule has 3 aromatic rings. The van der Waals surface area contributed by atoms with E-state index in [4.69, 9.17) is 4.74 Å². The van der Waals surface area contributed by atoms with Gasteiger partial charge in [0.25, 0.3) is 5.82 Å². The summed E-state index contributed by atoms with van der Waals surface area (Å²) in [5, 5.41) is 7.28. The van der Waals surface area contributed by atoms with Crippen LogP contribution in [0.2, 0.25) is 0 Å². The Labute approximate surface area is 158 Å². The first-order chi connectivity index (χ1) is 13.2. The Morgan fingerprint density at radius 2 is 2.07 bits per heavy atom. The number of hydrogen-bond donors (Lipinski definition) is 2. The number of imidazole rings is 1. The molecule has 1 aliphatic rings. The molecule has 2 aromatic carbocycles. The lowest BCUT2D eigenvalue weighted by Crippen LogP contribution is -2.33. The molecule has 0 saturated carbocycles. The van der Waals surface area contributed by atoms with Crippen molar-refractivity contribution in [3.63, 3.8) is 0 Å². The van der Waals surface area contributed by atoms with Crippen LogP contribution in [-0.4, -0.2) is 29.8 Å². The van der Waals surface area contributed by atoms with Gasteiger partial charge in [-0.15, -0.1) is 0 Å². The number of aromatic nitrogens is 2.